The van der Waals surface area contributed by atoms with Crippen LogP contribution in [0.1, 0.15) is 46.1 Å². The third-order valence-corrected chi connectivity index (χ3v) is 4.64. The maximum Gasteiger partial charge on any atom is 0.332 e. The van der Waals surface area contributed by atoms with Crippen molar-refractivity contribution in [2.75, 3.05) is 0 Å². The maximum atomic E-state index is 12.0. The zero-order valence-electron chi connectivity index (χ0n) is 15.3. The van der Waals surface area contributed by atoms with E-state index in [2.05, 4.69) is 5.32 Å². The molecule has 0 spiro atoms. The summed E-state index contributed by atoms with van der Waals surface area (Å²) in [6.07, 6.45) is 1.29. The van der Waals surface area contributed by atoms with Crippen molar-refractivity contribution >= 4 is 11.9 Å². The van der Waals surface area contributed by atoms with Crippen molar-refractivity contribution in [3.8, 4) is 0 Å². The molecular formula is C20H27NO4. The van der Waals surface area contributed by atoms with Gasteiger partial charge in [0.25, 0.3) is 0 Å². The molecule has 1 aliphatic rings. The van der Waals surface area contributed by atoms with E-state index in [0.717, 1.165) is 5.56 Å². The van der Waals surface area contributed by atoms with E-state index in [9.17, 15) is 19.8 Å². The number of rotatable bonds is 5. The van der Waals surface area contributed by atoms with Crippen molar-refractivity contribution in [3.63, 3.8) is 0 Å². The molecular weight excluding hydrogens is 318 g/mol. The van der Waals surface area contributed by atoms with E-state index >= 15 is 0 Å². The highest BCUT2D eigenvalue weighted by atomic mass is 16.4. The van der Waals surface area contributed by atoms with Crippen molar-refractivity contribution < 1.29 is 19.8 Å². The Bertz CT molecular complexity index is 673. The molecule has 136 valence electrons. The van der Waals surface area contributed by atoms with Gasteiger partial charge in [-0.25, -0.2) is 9.59 Å². The predicted octanol–water partition coefficient (Wildman–Crippen LogP) is 3.25. The molecule has 1 fully saturated rings. The van der Waals surface area contributed by atoms with Crippen LogP contribution < -0.4 is 5.32 Å². The largest absolute Gasteiger partial charge is 0.478 e. The molecule has 3 N–H and O–H groups in total. The minimum Gasteiger partial charge on any atom is -0.478 e. The molecule has 5 nitrogen and oxygen atoms in total. The fourth-order valence-electron chi connectivity index (χ4n) is 4.16. The van der Waals surface area contributed by atoms with Crippen molar-refractivity contribution in [3.05, 3.63) is 47.0 Å². The molecule has 0 atom stereocenters. The van der Waals surface area contributed by atoms with Gasteiger partial charge in [-0.3, -0.25) is 0 Å². The van der Waals surface area contributed by atoms with Crippen LogP contribution in [0.5, 0.6) is 0 Å². The Morgan fingerprint density at radius 3 is 1.96 bits per heavy atom. The fourth-order valence-corrected chi connectivity index (χ4v) is 4.16. The van der Waals surface area contributed by atoms with Crippen LogP contribution in [0.25, 0.3) is 0 Å². The van der Waals surface area contributed by atoms with Gasteiger partial charge in [-0.05, 0) is 52.0 Å². The predicted molar refractivity (Wildman–Crippen MR) is 96.5 cm³/mol. The Morgan fingerprint density at radius 1 is 1.00 bits per heavy atom. The van der Waals surface area contributed by atoms with E-state index in [1.165, 1.54) is 0 Å². The number of carbonyl (C=O) groups is 2. The second-order valence-corrected chi connectivity index (χ2v) is 8.16. The van der Waals surface area contributed by atoms with E-state index in [1.807, 2.05) is 58.0 Å². The van der Waals surface area contributed by atoms with Crippen LogP contribution in [0.2, 0.25) is 0 Å². The van der Waals surface area contributed by atoms with Crippen molar-refractivity contribution in [1.29, 1.82) is 0 Å². The van der Waals surface area contributed by atoms with Gasteiger partial charge in [0.15, 0.2) is 0 Å². The second kappa shape index (κ2) is 7.00. The monoisotopic (exact) mass is 345 g/mol. The van der Waals surface area contributed by atoms with E-state index < -0.39 is 11.9 Å². The molecule has 5 heteroatoms. The third-order valence-electron chi connectivity index (χ3n) is 4.64. The lowest BCUT2D eigenvalue weighted by Crippen LogP contribution is -2.58. The standard InChI is InChI=1S/C20H27NO4/c1-19(2)11-14(12-20(3,4)21-19)16(18(24)25)15(17(22)23)10-13-8-6-5-7-9-13/h5-9,14,21H,10-12H2,1-4H3,(H,22,23)(H,24,25). The first kappa shape index (κ1) is 19.2. The first-order chi connectivity index (χ1) is 11.5. The number of nitrogens with one attached hydrogen (secondary N) is 1. The molecule has 0 aliphatic carbocycles. The summed E-state index contributed by atoms with van der Waals surface area (Å²) < 4.78 is 0. The van der Waals surface area contributed by atoms with E-state index in [-0.39, 0.29) is 34.6 Å². The maximum absolute atomic E-state index is 12.0. The highest BCUT2D eigenvalue weighted by molar-refractivity contribution is 5.99. The number of benzene rings is 1. The lowest BCUT2D eigenvalue weighted by atomic mass is 9.71. The van der Waals surface area contributed by atoms with Gasteiger partial charge in [0, 0.05) is 17.5 Å². The normalized spacial score (nSPS) is 20.6. The Balaban J connectivity index is 2.49. The van der Waals surface area contributed by atoms with Gasteiger partial charge in [-0.1, -0.05) is 30.3 Å². The second-order valence-electron chi connectivity index (χ2n) is 8.16. The average Bonchev–Trinajstić information content (AvgIpc) is 2.43. The van der Waals surface area contributed by atoms with E-state index in [4.69, 9.17) is 0 Å². The summed E-state index contributed by atoms with van der Waals surface area (Å²) in [5, 5.41) is 23.0. The first-order valence-electron chi connectivity index (χ1n) is 8.54. The summed E-state index contributed by atoms with van der Waals surface area (Å²) in [5.74, 6) is -2.60. The summed E-state index contributed by atoms with van der Waals surface area (Å²) >= 11 is 0. The van der Waals surface area contributed by atoms with Gasteiger partial charge in [0.1, 0.15) is 0 Å². The van der Waals surface area contributed by atoms with Crippen LogP contribution in [-0.4, -0.2) is 33.2 Å². The Kier molecular flexibility index (Phi) is 5.37. The lowest BCUT2D eigenvalue weighted by molar-refractivity contribution is -0.136. The summed E-state index contributed by atoms with van der Waals surface area (Å²) in [6, 6.07) is 9.14. The molecule has 1 aliphatic heterocycles. The molecule has 0 aromatic heterocycles. The summed E-state index contributed by atoms with van der Waals surface area (Å²) in [4.78, 5) is 23.9. The minimum absolute atomic E-state index is 0.0165. The topological polar surface area (TPSA) is 86.6 Å². The van der Waals surface area contributed by atoms with Gasteiger partial charge >= 0.3 is 11.9 Å². The molecule has 1 aromatic carbocycles. The Morgan fingerprint density at radius 2 is 1.52 bits per heavy atom. The van der Waals surface area contributed by atoms with Gasteiger partial charge in [0.05, 0.1) is 11.1 Å². The van der Waals surface area contributed by atoms with Gasteiger partial charge < -0.3 is 15.5 Å². The molecule has 1 aromatic rings. The van der Waals surface area contributed by atoms with Crippen LogP contribution in [0.4, 0.5) is 0 Å². The number of aliphatic carboxylic acids is 2. The van der Waals surface area contributed by atoms with Crippen LogP contribution >= 0.6 is 0 Å². The number of piperidine rings is 1. The van der Waals surface area contributed by atoms with Crippen LogP contribution in [0.3, 0.4) is 0 Å². The average molecular weight is 345 g/mol. The molecule has 0 radical (unpaired) electrons. The fraction of sp³-hybridized carbons (Fsp3) is 0.500. The van der Waals surface area contributed by atoms with Crippen molar-refractivity contribution in [2.45, 2.75) is 58.0 Å². The molecule has 0 bridgehead atoms. The number of hydrogen-bond donors (Lipinski definition) is 3. The van der Waals surface area contributed by atoms with Gasteiger partial charge in [-0.2, -0.15) is 0 Å². The Labute approximate surface area is 148 Å². The SMILES string of the molecule is CC1(C)CC(C(C(=O)O)=C(Cc2ccccc2)C(=O)O)CC(C)(C)N1. The quantitative estimate of drug-likeness (QED) is 0.713. The molecule has 1 heterocycles. The van der Waals surface area contributed by atoms with Crippen LogP contribution in [0.15, 0.2) is 41.5 Å². The first-order valence-corrected chi connectivity index (χ1v) is 8.54. The molecule has 2 rings (SSSR count). The zero-order valence-corrected chi connectivity index (χ0v) is 15.3. The van der Waals surface area contributed by atoms with E-state index in [0.29, 0.717) is 12.8 Å². The molecule has 0 amide bonds. The molecule has 1 saturated heterocycles. The summed E-state index contributed by atoms with van der Waals surface area (Å²) in [5.41, 5.74) is 0.301. The van der Waals surface area contributed by atoms with Gasteiger partial charge in [0.2, 0.25) is 0 Å². The third kappa shape index (κ3) is 4.92. The van der Waals surface area contributed by atoms with Gasteiger partial charge in [-0.15, -0.1) is 0 Å². The highest BCUT2D eigenvalue weighted by Gasteiger charge is 2.41. The zero-order chi connectivity index (χ0) is 18.8. The van der Waals surface area contributed by atoms with Crippen molar-refractivity contribution in [1.82, 2.24) is 5.32 Å². The van der Waals surface area contributed by atoms with Crippen molar-refractivity contribution in [2.24, 2.45) is 5.92 Å². The number of hydrogen-bond acceptors (Lipinski definition) is 3. The molecule has 0 saturated carbocycles. The number of carboxylic acid groups (broad SMARTS) is 2. The molecule has 25 heavy (non-hydrogen) atoms. The van der Waals surface area contributed by atoms with Crippen LogP contribution in [-0.2, 0) is 16.0 Å². The van der Waals surface area contributed by atoms with Crippen LogP contribution in [0, 0.1) is 5.92 Å². The minimum atomic E-state index is -1.16. The summed E-state index contributed by atoms with van der Waals surface area (Å²) in [7, 11) is 0. The lowest BCUT2D eigenvalue weighted by Gasteiger charge is -2.47. The number of carboxylic acids is 2. The summed E-state index contributed by atoms with van der Waals surface area (Å²) in [6.45, 7) is 8.10. The Hall–Kier alpha value is -2.14. The molecule has 0 unspecified atom stereocenters. The smallest absolute Gasteiger partial charge is 0.332 e. The van der Waals surface area contributed by atoms with E-state index in [1.54, 1.807) is 0 Å². The highest BCUT2D eigenvalue weighted by Crippen LogP contribution is 2.38.